The number of nitrogens with zero attached hydrogens (tertiary/aromatic N) is 3. The number of carbonyl (C=O) groups excluding carboxylic acids is 1. The van der Waals surface area contributed by atoms with Crippen LogP contribution in [0, 0.1) is 11.8 Å². The van der Waals surface area contributed by atoms with Crippen LogP contribution in [-0.2, 0) is 4.79 Å². The van der Waals surface area contributed by atoms with Crippen molar-refractivity contribution < 1.29 is 4.79 Å². The number of hydrogen-bond donors (Lipinski definition) is 1. The maximum Gasteiger partial charge on any atom is 0.225 e. The van der Waals surface area contributed by atoms with Crippen molar-refractivity contribution in [3.63, 3.8) is 0 Å². The van der Waals surface area contributed by atoms with E-state index >= 15 is 0 Å². The Bertz CT molecular complexity index is 507. The minimum Gasteiger partial charge on any atom is -0.357 e. The monoisotopic (exact) mass is 330 g/mol. The molecule has 0 bridgehead atoms. The topological polar surface area (TPSA) is 48.5 Å². The number of rotatable bonds is 5. The number of anilines is 1. The molecule has 0 aliphatic carbocycles. The van der Waals surface area contributed by atoms with E-state index in [9.17, 15) is 4.79 Å². The van der Waals surface area contributed by atoms with Crippen LogP contribution in [0.15, 0.2) is 24.4 Å². The molecule has 2 aliphatic rings. The summed E-state index contributed by atoms with van der Waals surface area (Å²) < 4.78 is 0. The molecular weight excluding hydrogens is 300 g/mol. The van der Waals surface area contributed by atoms with Crippen molar-refractivity contribution >= 4 is 11.7 Å². The van der Waals surface area contributed by atoms with Gasteiger partial charge in [-0.2, -0.15) is 0 Å². The summed E-state index contributed by atoms with van der Waals surface area (Å²) in [5, 5.41) is 3.35. The summed E-state index contributed by atoms with van der Waals surface area (Å²) in [6, 6.07) is 6.09. The fourth-order valence-electron chi connectivity index (χ4n) is 3.90. The second-order valence-corrected chi connectivity index (χ2v) is 7.02. The van der Waals surface area contributed by atoms with Crippen LogP contribution >= 0.6 is 0 Å². The van der Waals surface area contributed by atoms with E-state index in [1.807, 2.05) is 18.3 Å². The predicted octanol–water partition coefficient (Wildman–Crippen LogP) is 2.15. The summed E-state index contributed by atoms with van der Waals surface area (Å²) >= 11 is 0. The van der Waals surface area contributed by atoms with Crippen LogP contribution < -0.4 is 10.2 Å². The molecule has 1 amide bonds. The second kappa shape index (κ2) is 8.47. The van der Waals surface area contributed by atoms with Crippen molar-refractivity contribution in [2.24, 2.45) is 11.8 Å². The fraction of sp³-hybridized carbons (Fsp3) is 0.684. The molecule has 5 nitrogen and oxygen atoms in total. The van der Waals surface area contributed by atoms with E-state index in [1.54, 1.807) is 0 Å². The number of aromatic nitrogens is 1. The van der Waals surface area contributed by atoms with Gasteiger partial charge in [-0.1, -0.05) is 6.07 Å². The first-order valence-corrected chi connectivity index (χ1v) is 9.43. The average Bonchev–Trinajstić information content (AvgIpc) is 2.67. The lowest BCUT2D eigenvalue weighted by Gasteiger charge is -2.36. The van der Waals surface area contributed by atoms with Gasteiger partial charge in [-0.25, -0.2) is 4.98 Å². The molecule has 1 aromatic rings. The van der Waals surface area contributed by atoms with Crippen LogP contribution in [0.2, 0.25) is 0 Å². The highest BCUT2D eigenvalue weighted by atomic mass is 16.2. The van der Waals surface area contributed by atoms with Crippen LogP contribution in [0.5, 0.6) is 0 Å². The molecule has 3 rings (SSSR count). The van der Waals surface area contributed by atoms with Gasteiger partial charge in [-0.15, -0.1) is 0 Å². The quantitative estimate of drug-likeness (QED) is 0.899. The summed E-state index contributed by atoms with van der Waals surface area (Å²) in [5.41, 5.74) is 0. The van der Waals surface area contributed by atoms with E-state index in [0.29, 0.717) is 11.8 Å². The maximum absolute atomic E-state index is 12.8. The molecule has 5 heteroatoms. The average molecular weight is 330 g/mol. The minimum atomic E-state index is 0.236. The lowest BCUT2D eigenvalue weighted by molar-refractivity contribution is -0.136. The Morgan fingerprint density at radius 1 is 1.25 bits per heavy atom. The number of piperidine rings is 2. The molecular formula is C19H30N4O. The minimum absolute atomic E-state index is 0.236. The van der Waals surface area contributed by atoms with Gasteiger partial charge in [0.25, 0.3) is 0 Å². The Morgan fingerprint density at radius 3 is 2.62 bits per heavy atom. The van der Waals surface area contributed by atoms with Gasteiger partial charge in [0.05, 0.1) is 0 Å². The predicted molar refractivity (Wildman–Crippen MR) is 97.0 cm³/mol. The molecule has 2 saturated heterocycles. The van der Waals surface area contributed by atoms with E-state index in [1.165, 1.54) is 0 Å². The molecule has 0 spiro atoms. The molecule has 0 saturated carbocycles. The van der Waals surface area contributed by atoms with E-state index in [0.717, 1.165) is 70.8 Å². The van der Waals surface area contributed by atoms with Gasteiger partial charge in [0.1, 0.15) is 5.82 Å². The third kappa shape index (κ3) is 4.26. The summed E-state index contributed by atoms with van der Waals surface area (Å²) in [6.45, 7) is 7.93. The summed E-state index contributed by atoms with van der Waals surface area (Å²) in [5.74, 6) is 2.32. The summed E-state index contributed by atoms with van der Waals surface area (Å²) in [6.07, 6.45) is 6.14. The molecule has 0 unspecified atom stereocenters. The first kappa shape index (κ1) is 17.2. The third-order valence-corrected chi connectivity index (χ3v) is 5.45. The smallest absolute Gasteiger partial charge is 0.225 e. The molecule has 1 N–H and O–H groups in total. The van der Waals surface area contributed by atoms with Crippen molar-refractivity contribution in [1.29, 1.82) is 0 Å². The lowest BCUT2D eigenvalue weighted by Crippen LogP contribution is -2.45. The van der Waals surface area contributed by atoms with Crippen LogP contribution in [-0.4, -0.2) is 55.1 Å². The van der Waals surface area contributed by atoms with Gasteiger partial charge < -0.3 is 15.1 Å². The van der Waals surface area contributed by atoms with Crippen LogP contribution in [0.1, 0.15) is 32.6 Å². The SMILES string of the molecule is CCN(CC1CCN(c2ccccn2)CC1)C(=O)C1CCNCC1. The lowest BCUT2D eigenvalue weighted by atomic mass is 9.93. The molecule has 24 heavy (non-hydrogen) atoms. The van der Waals surface area contributed by atoms with Crippen LogP contribution in [0.3, 0.4) is 0 Å². The van der Waals surface area contributed by atoms with Crippen molar-refractivity contribution in [1.82, 2.24) is 15.2 Å². The first-order chi connectivity index (χ1) is 11.8. The highest BCUT2D eigenvalue weighted by Crippen LogP contribution is 2.23. The Labute approximate surface area is 145 Å². The highest BCUT2D eigenvalue weighted by Gasteiger charge is 2.28. The molecule has 0 radical (unpaired) electrons. The van der Waals surface area contributed by atoms with Gasteiger partial charge >= 0.3 is 0 Å². The zero-order chi connectivity index (χ0) is 16.8. The second-order valence-electron chi connectivity index (χ2n) is 7.02. The Morgan fingerprint density at radius 2 is 2.00 bits per heavy atom. The van der Waals surface area contributed by atoms with Crippen LogP contribution in [0.4, 0.5) is 5.82 Å². The highest BCUT2D eigenvalue weighted by molar-refractivity contribution is 5.79. The summed E-state index contributed by atoms with van der Waals surface area (Å²) in [4.78, 5) is 21.7. The number of hydrogen-bond acceptors (Lipinski definition) is 4. The van der Waals surface area contributed by atoms with E-state index < -0.39 is 0 Å². The number of amides is 1. The number of nitrogens with one attached hydrogen (secondary N) is 1. The fourth-order valence-corrected chi connectivity index (χ4v) is 3.90. The largest absolute Gasteiger partial charge is 0.357 e. The molecule has 2 aliphatic heterocycles. The van der Waals surface area contributed by atoms with Gasteiger partial charge in [0.15, 0.2) is 0 Å². The van der Waals surface area contributed by atoms with Gasteiger partial charge in [0.2, 0.25) is 5.91 Å². The molecule has 3 heterocycles. The standard InChI is InChI=1S/C19H30N4O/c1-2-22(19(24)17-6-11-20-12-7-17)15-16-8-13-23(14-9-16)18-5-3-4-10-21-18/h3-5,10,16-17,20H,2,6-9,11-15H2,1H3. The summed E-state index contributed by atoms with van der Waals surface area (Å²) in [7, 11) is 0. The Hall–Kier alpha value is -1.62. The maximum atomic E-state index is 12.8. The third-order valence-electron chi connectivity index (χ3n) is 5.45. The van der Waals surface area contributed by atoms with E-state index in [4.69, 9.17) is 0 Å². The van der Waals surface area contributed by atoms with E-state index in [2.05, 4.69) is 33.1 Å². The van der Waals surface area contributed by atoms with Gasteiger partial charge in [0, 0.05) is 38.3 Å². The zero-order valence-corrected chi connectivity index (χ0v) is 14.8. The number of carbonyl (C=O) groups is 1. The molecule has 2 fully saturated rings. The normalized spacial score (nSPS) is 20.1. The zero-order valence-electron chi connectivity index (χ0n) is 14.8. The Balaban J connectivity index is 1.49. The molecule has 132 valence electrons. The van der Waals surface area contributed by atoms with Gasteiger partial charge in [-0.05, 0) is 63.7 Å². The van der Waals surface area contributed by atoms with Crippen molar-refractivity contribution in [2.45, 2.75) is 32.6 Å². The van der Waals surface area contributed by atoms with Crippen molar-refractivity contribution in [3.05, 3.63) is 24.4 Å². The van der Waals surface area contributed by atoms with Crippen LogP contribution in [0.25, 0.3) is 0 Å². The van der Waals surface area contributed by atoms with Crippen molar-refractivity contribution in [2.75, 3.05) is 44.2 Å². The molecule has 0 atom stereocenters. The Kier molecular flexibility index (Phi) is 6.07. The number of pyridine rings is 1. The van der Waals surface area contributed by atoms with E-state index in [-0.39, 0.29) is 5.92 Å². The molecule has 1 aromatic heterocycles. The van der Waals surface area contributed by atoms with Gasteiger partial charge in [-0.3, -0.25) is 4.79 Å². The van der Waals surface area contributed by atoms with Crippen molar-refractivity contribution in [3.8, 4) is 0 Å². The molecule has 0 aromatic carbocycles. The first-order valence-electron chi connectivity index (χ1n) is 9.43.